The molecule has 1 amide bonds. The molecule has 1 aromatic carbocycles. The van der Waals surface area contributed by atoms with Gasteiger partial charge in [0.25, 0.3) is 5.91 Å². The van der Waals surface area contributed by atoms with Crippen molar-refractivity contribution in [2.24, 2.45) is 12.5 Å². The van der Waals surface area contributed by atoms with Crippen LogP contribution in [0.2, 0.25) is 0 Å². The number of piperazine rings is 1. The third kappa shape index (κ3) is 4.91. The largest absolute Gasteiger partial charge is 0.368 e. The van der Waals surface area contributed by atoms with Crippen molar-refractivity contribution in [3.8, 4) is 11.3 Å². The number of hydrogen-bond acceptors (Lipinski definition) is 5. The van der Waals surface area contributed by atoms with Crippen molar-refractivity contribution < 1.29 is 9.53 Å². The summed E-state index contributed by atoms with van der Waals surface area (Å²) in [7, 11) is 1.79. The molecule has 36 heavy (non-hydrogen) atoms. The minimum Gasteiger partial charge on any atom is -0.368 e. The molecule has 1 unspecified atom stereocenters. The minimum atomic E-state index is -0.251. The first-order valence-corrected chi connectivity index (χ1v) is 13.0. The number of anilines is 1. The van der Waals surface area contributed by atoms with Crippen molar-refractivity contribution in [2.75, 3.05) is 37.7 Å². The van der Waals surface area contributed by atoms with Crippen molar-refractivity contribution in [2.45, 2.75) is 52.7 Å². The number of hydrogen-bond donors (Lipinski definition) is 0. The Morgan fingerprint density at radius 1 is 1.03 bits per heavy atom. The number of nitrogens with zero attached hydrogens (tertiary/aromatic N) is 5. The van der Waals surface area contributed by atoms with Crippen molar-refractivity contribution in [3.05, 3.63) is 46.9 Å². The lowest BCUT2D eigenvalue weighted by molar-refractivity contribution is -0.146. The van der Waals surface area contributed by atoms with Gasteiger partial charge in [-0.15, -0.1) is 0 Å². The Bertz CT molecular complexity index is 1290. The van der Waals surface area contributed by atoms with Gasteiger partial charge in [-0.2, -0.15) is 0 Å². The number of carbonyl (C=O) groups excluding carboxylic acids is 1. The van der Waals surface area contributed by atoms with Crippen LogP contribution in [-0.2, 0) is 23.1 Å². The van der Waals surface area contributed by atoms with Crippen molar-refractivity contribution in [1.82, 2.24) is 19.0 Å². The lowest BCUT2D eigenvalue weighted by atomic mass is 9.97. The summed E-state index contributed by atoms with van der Waals surface area (Å²) in [6, 6.07) is 12.4. The number of aryl methyl sites for hydroxylation is 1. The molecule has 0 saturated carbocycles. The van der Waals surface area contributed by atoms with Crippen LogP contribution < -0.4 is 10.6 Å². The van der Waals surface area contributed by atoms with E-state index in [2.05, 4.69) is 49.9 Å². The maximum absolute atomic E-state index is 12.8. The number of pyridine rings is 1. The van der Waals surface area contributed by atoms with Crippen molar-refractivity contribution >= 4 is 22.8 Å². The normalized spacial score (nSPS) is 19.2. The molecule has 8 nitrogen and oxygen atoms in total. The highest BCUT2D eigenvalue weighted by molar-refractivity contribution is 5.81. The molecule has 5 rings (SSSR count). The third-order valence-electron chi connectivity index (χ3n) is 7.19. The van der Waals surface area contributed by atoms with E-state index >= 15 is 0 Å². The predicted molar refractivity (Wildman–Crippen MR) is 142 cm³/mol. The van der Waals surface area contributed by atoms with Crippen LogP contribution in [0.1, 0.15) is 40.0 Å². The average Bonchev–Trinajstić information content (AvgIpc) is 3.12. The second-order valence-corrected chi connectivity index (χ2v) is 11.2. The summed E-state index contributed by atoms with van der Waals surface area (Å²) in [5.74, 6) is 0.150. The summed E-state index contributed by atoms with van der Waals surface area (Å²) in [4.78, 5) is 34.7. The Balaban J connectivity index is 1.28. The number of benzene rings is 1. The van der Waals surface area contributed by atoms with Crippen molar-refractivity contribution in [1.29, 1.82) is 0 Å². The molecule has 2 aliphatic rings. The highest BCUT2D eigenvalue weighted by atomic mass is 16.5. The molecule has 192 valence electrons. The number of fused-ring (bicyclic) bond motifs is 1. The van der Waals surface area contributed by atoms with E-state index in [1.54, 1.807) is 11.6 Å². The molecule has 2 saturated heterocycles. The molecule has 2 aliphatic heterocycles. The van der Waals surface area contributed by atoms with E-state index in [-0.39, 0.29) is 23.1 Å². The van der Waals surface area contributed by atoms with E-state index in [4.69, 9.17) is 9.72 Å². The number of amides is 1. The Labute approximate surface area is 212 Å². The van der Waals surface area contributed by atoms with Gasteiger partial charge in [0.05, 0.1) is 11.2 Å². The topological polar surface area (TPSA) is 72.6 Å². The summed E-state index contributed by atoms with van der Waals surface area (Å²) in [6.45, 7) is 10.8. The van der Waals surface area contributed by atoms with Gasteiger partial charge in [-0.05, 0) is 48.9 Å². The number of rotatable bonds is 4. The van der Waals surface area contributed by atoms with Gasteiger partial charge in [0.2, 0.25) is 0 Å². The van der Waals surface area contributed by atoms with Crippen molar-refractivity contribution in [3.63, 3.8) is 0 Å². The van der Waals surface area contributed by atoms with Crippen LogP contribution in [0.15, 0.2) is 41.2 Å². The molecule has 8 heteroatoms. The fourth-order valence-corrected chi connectivity index (χ4v) is 5.23. The Morgan fingerprint density at radius 2 is 1.75 bits per heavy atom. The zero-order chi connectivity index (χ0) is 25.4. The Morgan fingerprint density at radius 3 is 2.39 bits per heavy atom. The van der Waals surface area contributed by atoms with Gasteiger partial charge in [0.15, 0.2) is 5.65 Å². The summed E-state index contributed by atoms with van der Waals surface area (Å²) < 4.78 is 9.15. The summed E-state index contributed by atoms with van der Waals surface area (Å²) in [6.07, 6.45) is 2.72. The van der Waals surface area contributed by atoms with E-state index < -0.39 is 0 Å². The van der Waals surface area contributed by atoms with Crippen LogP contribution in [0.25, 0.3) is 22.4 Å². The van der Waals surface area contributed by atoms with Crippen LogP contribution in [-0.4, -0.2) is 63.8 Å². The van der Waals surface area contributed by atoms with E-state index in [0.29, 0.717) is 18.8 Å². The van der Waals surface area contributed by atoms with Crippen LogP contribution in [0, 0.1) is 5.41 Å². The molecular formula is C28H37N5O3. The molecule has 0 spiro atoms. The average molecular weight is 492 g/mol. The Hall–Kier alpha value is -3.13. The number of carbonyl (C=O) groups is 1. The lowest BCUT2D eigenvalue weighted by Crippen LogP contribution is -2.52. The zero-order valence-electron chi connectivity index (χ0n) is 21.9. The molecule has 2 aromatic heterocycles. The Kier molecular flexibility index (Phi) is 6.64. The first-order valence-electron chi connectivity index (χ1n) is 13.0. The molecule has 0 aliphatic carbocycles. The van der Waals surface area contributed by atoms with Crippen LogP contribution >= 0.6 is 0 Å². The fraction of sp³-hybridized carbons (Fsp3) is 0.536. The van der Waals surface area contributed by atoms with E-state index in [9.17, 15) is 9.59 Å². The molecule has 2 fully saturated rings. The second-order valence-electron chi connectivity index (χ2n) is 11.2. The zero-order valence-corrected chi connectivity index (χ0v) is 21.9. The van der Waals surface area contributed by atoms with E-state index in [1.165, 1.54) is 0 Å². The molecule has 3 aromatic rings. The number of ether oxygens (including phenoxy) is 1. The minimum absolute atomic E-state index is 0.00493. The van der Waals surface area contributed by atoms with E-state index in [0.717, 1.165) is 67.9 Å². The van der Waals surface area contributed by atoms with Gasteiger partial charge >= 0.3 is 5.69 Å². The first kappa shape index (κ1) is 24.6. The van der Waals surface area contributed by atoms with Crippen LogP contribution in [0.3, 0.4) is 0 Å². The van der Waals surface area contributed by atoms with Gasteiger partial charge in [0.1, 0.15) is 6.10 Å². The maximum Gasteiger partial charge on any atom is 0.330 e. The molecule has 0 N–H and O–H groups in total. The number of imidazole rings is 1. The third-order valence-corrected chi connectivity index (χ3v) is 7.19. The lowest BCUT2D eigenvalue weighted by Gasteiger charge is -2.38. The highest BCUT2D eigenvalue weighted by Gasteiger charge is 2.29. The summed E-state index contributed by atoms with van der Waals surface area (Å²) >= 11 is 0. The molecule has 0 radical (unpaired) electrons. The van der Waals surface area contributed by atoms with Gasteiger partial charge in [0, 0.05) is 57.6 Å². The number of aromatic nitrogens is 3. The van der Waals surface area contributed by atoms with Gasteiger partial charge in [-0.25, -0.2) is 9.78 Å². The fourth-order valence-electron chi connectivity index (χ4n) is 5.23. The van der Waals surface area contributed by atoms with Crippen LogP contribution in [0.4, 0.5) is 5.69 Å². The first-order chi connectivity index (χ1) is 17.2. The smallest absolute Gasteiger partial charge is 0.330 e. The summed E-state index contributed by atoms with van der Waals surface area (Å²) in [5, 5.41) is 0. The molecule has 4 heterocycles. The van der Waals surface area contributed by atoms with Gasteiger partial charge < -0.3 is 14.5 Å². The standard InChI is InChI=1S/C28H37N5O3/c1-28(2,3)19-33-23-13-12-22(29-25(23)30(4)27(33)35)20-8-10-21(11-9-20)31-14-16-32(17-15-31)26(34)24-7-5-6-18-36-24/h8-13,24H,5-7,14-19H2,1-4H3. The quantitative estimate of drug-likeness (QED) is 0.557. The monoisotopic (exact) mass is 491 g/mol. The molecule has 0 bridgehead atoms. The molecule has 1 atom stereocenters. The maximum atomic E-state index is 12.8. The van der Waals surface area contributed by atoms with Gasteiger partial charge in [-0.1, -0.05) is 32.9 Å². The van der Waals surface area contributed by atoms with E-state index in [1.807, 2.05) is 21.6 Å². The predicted octanol–water partition coefficient (Wildman–Crippen LogP) is 3.67. The van der Waals surface area contributed by atoms with Crippen LogP contribution in [0.5, 0.6) is 0 Å². The SMILES string of the molecule is Cn1c(=O)n(CC(C)(C)C)c2ccc(-c3ccc(N4CCN(C(=O)C5CCCCO5)CC4)cc3)nc21. The molecular weight excluding hydrogens is 454 g/mol. The van der Waals surface area contributed by atoms with Gasteiger partial charge in [-0.3, -0.25) is 13.9 Å². The summed E-state index contributed by atoms with van der Waals surface area (Å²) in [5.41, 5.74) is 4.53. The highest BCUT2D eigenvalue weighted by Crippen LogP contribution is 2.26. The second kappa shape index (κ2) is 9.73.